The van der Waals surface area contributed by atoms with Crippen molar-refractivity contribution in [1.29, 1.82) is 0 Å². The first-order valence-corrected chi connectivity index (χ1v) is 21.9. The molecule has 0 radical (unpaired) electrons. The molecule has 0 amide bonds. The first kappa shape index (κ1) is 44.6. The number of hydrogen-bond acceptors (Lipinski definition) is 9. The Hall–Kier alpha value is -5.49. The van der Waals surface area contributed by atoms with Gasteiger partial charge in [-0.25, -0.2) is 0 Å². The number of rotatable bonds is 23. The van der Waals surface area contributed by atoms with Crippen molar-refractivity contribution in [3.8, 4) is 11.5 Å². The Morgan fingerprint density at radius 1 is 0.597 bits per heavy atom. The lowest BCUT2D eigenvalue weighted by Crippen LogP contribution is -2.62. The lowest BCUT2D eigenvalue weighted by molar-refractivity contribution is -0.310. The molecule has 10 nitrogen and oxygen atoms in total. The van der Waals surface area contributed by atoms with Crippen LogP contribution in [0.1, 0.15) is 67.7 Å². The summed E-state index contributed by atoms with van der Waals surface area (Å²) >= 11 is 0. The van der Waals surface area contributed by atoms with Crippen LogP contribution in [-0.2, 0) is 57.2 Å². The zero-order valence-electron chi connectivity index (χ0n) is 35.9. The Morgan fingerprint density at radius 3 is 1.69 bits per heavy atom. The molecule has 2 N–H and O–H groups in total. The third-order valence-electron chi connectivity index (χ3n) is 11.2. The standard InChI is InChI=1S/C52H60N2O8/c1-3-4-5-6-7-20-31-57-49-46(43-30-29-42(53)32-44(43)54(2)51(49)55)62-52-50(60-36-41-27-18-11-19-28-41)48(59-35-40-25-16-10-17-26-40)47(58-34-39-23-14-9-15-24-39)45(61-52)37-56-33-38-21-12-8-13-22-38/h8-19,21-30,32,45,47-48,50,52H,3-7,20,31,33-37,53H2,1-2H3/t45-,47-,48+,50-,52+/m1/s1. The molecule has 0 aliphatic carbocycles. The Labute approximate surface area is 365 Å². The highest BCUT2D eigenvalue weighted by molar-refractivity contribution is 5.90. The van der Waals surface area contributed by atoms with E-state index in [1.807, 2.05) is 127 Å². The zero-order chi connectivity index (χ0) is 42.9. The normalized spacial score (nSPS) is 18.8. The Morgan fingerprint density at radius 2 is 1.11 bits per heavy atom. The molecular formula is C52H60N2O8. The Bertz CT molecular complexity index is 2290. The fourth-order valence-electron chi connectivity index (χ4n) is 7.76. The summed E-state index contributed by atoms with van der Waals surface area (Å²) < 4.78 is 49.2. The number of nitrogens with two attached hydrogens (primary N) is 1. The van der Waals surface area contributed by atoms with Crippen LogP contribution in [0.15, 0.2) is 144 Å². The molecule has 7 rings (SSSR count). The van der Waals surface area contributed by atoms with Crippen LogP contribution in [0.4, 0.5) is 5.69 Å². The maximum Gasteiger partial charge on any atom is 0.297 e. The van der Waals surface area contributed by atoms with Crippen LogP contribution < -0.4 is 20.8 Å². The molecule has 5 aromatic carbocycles. The number of ether oxygens (including phenoxy) is 7. The van der Waals surface area contributed by atoms with E-state index in [1.54, 1.807) is 23.7 Å². The van der Waals surface area contributed by atoms with Crippen molar-refractivity contribution in [1.82, 2.24) is 4.57 Å². The minimum absolute atomic E-state index is 0.102. The van der Waals surface area contributed by atoms with Crippen LogP contribution in [0.5, 0.6) is 11.5 Å². The number of nitrogen functional groups attached to an aromatic ring is 1. The molecule has 0 spiro atoms. The molecule has 10 heteroatoms. The van der Waals surface area contributed by atoms with Gasteiger partial charge in [0.2, 0.25) is 12.0 Å². The molecule has 62 heavy (non-hydrogen) atoms. The maximum atomic E-state index is 14.3. The number of aromatic nitrogens is 1. The van der Waals surface area contributed by atoms with E-state index in [0.717, 1.165) is 41.5 Å². The van der Waals surface area contributed by atoms with E-state index in [1.165, 1.54) is 19.3 Å². The van der Waals surface area contributed by atoms with Gasteiger partial charge in [0, 0.05) is 18.1 Å². The number of hydrogen-bond donors (Lipinski definition) is 1. The van der Waals surface area contributed by atoms with Crippen LogP contribution in [0.3, 0.4) is 0 Å². The summed E-state index contributed by atoms with van der Waals surface area (Å²) in [6.45, 7) is 3.87. The summed E-state index contributed by atoms with van der Waals surface area (Å²) in [6, 6.07) is 45.4. The van der Waals surface area contributed by atoms with E-state index in [-0.39, 0.29) is 36.9 Å². The van der Waals surface area contributed by atoms with E-state index in [0.29, 0.717) is 36.4 Å². The van der Waals surface area contributed by atoms with Crippen molar-refractivity contribution in [2.75, 3.05) is 18.9 Å². The minimum atomic E-state index is -1.11. The first-order valence-electron chi connectivity index (χ1n) is 21.9. The summed E-state index contributed by atoms with van der Waals surface area (Å²) in [5.41, 5.74) is 11.0. The molecule has 1 fully saturated rings. The predicted molar refractivity (Wildman–Crippen MR) is 243 cm³/mol. The van der Waals surface area contributed by atoms with Gasteiger partial charge in [0.15, 0.2) is 5.75 Å². The monoisotopic (exact) mass is 840 g/mol. The van der Waals surface area contributed by atoms with Crippen molar-refractivity contribution in [2.24, 2.45) is 7.05 Å². The van der Waals surface area contributed by atoms with Crippen molar-refractivity contribution in [3.05, 3.63) is 172 Å². The van der Waals surface area contributed by atoms with Gasteiger partial charge >= 0.3 is 0 Å². The van der Waals surface area contributed by atoms with Crippen LogP contribution >= 0.6 is 0 Å². The molecule has 0 saturated carbocycles. The van der Waals surface area contributed by atoms with Gasteiger partial charge in [0.05, 0.1) is 45.2 Å². The number of nitrogens with zero attached hydrogens (tertiary/aromatic N) is 1. The van der Waals surface area contributed by atoms with Crippen molar-refractivity contribution in [3.63, 3.8) is 0 Å². The fraction of sp³-hybridized carbons (Fsp3) is 0.365. The number of pyridine rings is 1. The summed E-state index contributed by atoms with van der Waals surface area (Å²) in [6.07, 6.45) is 2.40. The molecule has 5 atom stereocenters. The summed E-state index contributed by atoms with van der Waals surface area (Å²) in [5, 5.41) is 0.644. The number of aryl methyl sites for hydroxylation is 1. The van der Waals surface area contributed by atoms with E-state index < -0.39 is 30.7 Å². The molecule has 0 bridgehead atoms. The second-order valence-electron chi connectivity index (χ2n) is 15.9. The molecule has 1 aromatic heterocycles. The van der Waals surface area contributed by atoms with Gasteiger partial charge in [-0.3, -0.25) is 4.79 Å². The van der Waals surface area contributed by atoms with Crippen molar-refractivity contribution >= 4 is 16.6 Å². The molecule has 6 aromatic rings. The van der Waals surface area contributed by atoms with Gasteiger partial charge in [-0.05, 0) is 46.9 Å². The van der Waals surface area contributed by atoms with Crippen molar-refractivity contribution in [2.45, 2.75) is 103 Å². The second kappa shape index (κ2) is 23.1. The zero-order valence-corrected chi connectivity index (χ0v) is 35.9. The largest absolute Gasteiger partial charge is 0.485 e. The van der Waals surface area contributed by atoms with Gasteiger partial charge in [-0.1, -0.05) is 160 Å². The van der Waals surface area contributed by atoms with Crippen LogP contribution in [0.2, 0.25) is 0 Å². The van der Waals surface area contributed by atoms with Crippen LogP contribution in [0.25, 0.3) is 10.9 Å². The van der Waals surface area contributed by atoms with Crippen LogP contribution in [0, 0.1) is 0 Å². The highest BCUT2D eigenvalue weighted by atomic mass is 16.7. The highest BCUT2D eigenvalue weighted by Crippen LogP contribution is 2.38. The number of unbranched alkanes of at least 4 members (excludes halogenated alkanes) is 5. The smallest absolute Gasteiger partial charge is 0.297 e. The van der Waals surface area contributed by atoms with Crippen molar-refractivity contribution < 1.29 is 33.2 Å². The minimum Gasteiger partial charge on any atom is -0.485 e. The highest BCUT2D eigenvalue weighted by Gasteiger charge is 2.50. The third kappa shape index (κ3) is 12.1. The SMILES string of the molecule is CCCCCCCCOc1c(O[C@@H]2O[C@H](COCc3ccccc3)[C@@H](OCc3ccccc3)[C@H](OCc3ccccc3)[C@H]2OCc2ccccc2)c2ccc(N)cc2n(C)c1=O. The van der Waals surface area contributed by atoms with Gasteiger partial charge in [0.25, 0.3) is 5.56 Å². The first-order chi connectivity index (χ1) is 30.5. The van der Waals surface area contributed by atoms with Crippen LogP contribution in [-0.4, -0.2) is 48.5 Å². The van der Waals surface area contributed by atoms with Gasteiger partial charge in [-0.2, -0.15) is 0 Å². The Kier molecular flexibility index (Phi) is 16.6. The van der Waals surface area contributed by atoms with E-state index in [2.05, 4.69) is 6.92 Å². The van der Waals surface area contributed by atoms with E-state index in [4.69, 9.17) is 38.9 Å². The predicted octanol–water partition coefficient (Wildman–Crippen LogP) is 9.94. The number of anilines is 1. The quantitative estimate of drug-likeness (QED) is 0.0498. The summed E-state index contributed by atoms with van der Waals surface area (Å²) in [7, 11) is 1.72. The molecule has 1 aliphatic rings. The summed E-state index contributed by atoms with van der Waals surface area (Å²) in [5.74, 6) is 0.353. The average Bonchev–Trinajstić information content (AvgIpc) is 3.31. The molecule has 326 valence electrons. The molecule has 0 unspecified atom stereocenters. The lowest BCUT2D eigenvalue weighted by Gasteiger charge is -2.45. The third-order valence-corrected chi connectivity index (χ3v) is 11.2. The fourth-order valence-corrected chi connectivity index (χ4v) is 7.76. The molecule has 1 saturated heterocycles. The number of benzene rings is 5. The average molecular weight is 841 g/mol. The maximum absolute atomic E-state index is 14.3. The molecular weight excluding hydrogens is 781 g/mol. The summed E-state index contributed by atoms with van der Waals surface area (Å²) in [4.78, 5) is 14.3. The Balaban J connectivity index is 1.28. The van der Waals surface area contributed by atoms with Gasteiger partial charge in [-0.15, -0.1) is 0 Å². The molecule has 2 heterocycles. The second-order valence-corrected chi connectivity index (χ2v) is 15.9. The number of fused-ring (bicyclic) bond motifs is 1. The van der Waals surface area contributed by atoms with E-state index in [9.17, 15) is 4.79 Å². The lowest BCUT2D eigenvalue weighted by atomic mass is 9.97. The topological polar surface area (TPSA) is 113 Å². The van der Waals surface area contributed by atoms with E-state index >= 15 is 0 Å². The molecule has 1 aliphatic heterocycles. The van der Waals surface area contributed by atoms with Gasteiger partial charge < -0.3 is 43.5 Å². The van der Waals surface area contributed by atoms with Gasteiger partial charge in [0.1, 0.15) is 24.4 Å².